The van der Waals surface area contributed by atoms with Crippen molar-refractivity contribution in [3.8, 4) is 0 Å². The zero-order valence-corrected chi connectivity index (χ0v) is 32.3. The molecule has 0 aromatic heterocycles. The zero-order chi connectivity index (χ0) is 32.2. The molecule has 44 heavy (non-hydrogen) atoms. The van der Waals surface area contributed by atoms with Crippen LogP contribution < -0.4 is 0 Å². The molecule has 0 aliphatic heterocycles. The summed E-state index contributed by atoms with van der Waals surface area (Å²) in [7, 11) is 0. The van der Waals surface area contributed by atoms with Gasteiger partial charge in [0.05, 0.1) is 0 Å². The first-order valence-electron chi connectivity index (χ1n) is 19.9. The Bertz CT molecular complexity index is 537. The second kappa shape index (κ2) is 37.4. The molecule has 264 valence electrons. The predicted molar refractivity (Wildman–Crippen MR) is 196 cm³/mol. The van der Waals surface area contributed by atoms with Crippen molar-refractivity contribution in [3.05, 3.63) is 0 Å². The molecule has 0 saturated carbocycles. The van der Waals surface area contributed by atoms with E-state index in [1.807, 2.05) is 0 Å². The first-order valence-corrected chi connectivity index (χ1v) is 23.9. The number of rotatable bonds is 37. The van der Waals surface area contributed by atoms with Crippen molar-refractivity contribution >= 4 is 20.6 Å². The van der Waals surface area contributed by atoms with E-state index in [2.05, 4.69) is 25.7 Å². The van der Waals surface area contributed by atoms with Gasteiger partial charge in [-0.2, -0.15) is 0 Å². The van der Waals surface area contributed by atoms with Gasteiger partial charge in [-0.3, -0.25) is 0 Å². The molecule has 0 spiro atoms. The van der Waals surface area contributed by atoms with E-state index in [-0.39, 0.29) is 5.97 Å². The van der Waals surface area contributed by atoms with E-state index in [4.69, 9.17) is 4.74 Å². The molecule has 0 fully saturated rings. The van der Waals surface area contributed by atoms with Crippen molar-refractivity contribution < 1.29 is 14.6 Å². The van der Waals surface area contributed by atoms with Crippen molar-refractivity contribution in [2.75, 3.05) is 32.8 Å². The predicted octanol–water partition coefficient (Wildman–Crippen LogP) is 11.9. The molecule has 0 rings (SSSR count). The van der Waals surface area contributed by atoms with Gasteiger partial charge in [0.1, 0.15) is 0 Å². The molecule has 0 heterocycles. The van der Waals surface area contributed by atoms with Crippen LogP contribution in [0.3, 0.4) is 0 Å². The Kier molecular flexibility index (Phi) is 37.4. The first kappa shape index (κ1) is 43.9. The van der Waals surface area contributed by atoms with Crippen LogP contribution in [0.1, 0.15) is 194 Å². The number of aliphatic hydroxyl groups is 1. The van der Waals surface area contributed by atoms with Gasteiger partial charge in [0.25, 0.3) is 0 Å². The van der Waals surface area contributed by atoms with Crippen LogP contribution in [0, 0.1) is 0 Å². The second-order valence-corrected chi connectivity index (χ2v) is 19.1. The molecule has 0 bridgehead atoms. The van der Waals surface area contributed by atoms with Crippen LogP contribution in [0.15, 0.2) is 0 Å². The van der Waals surface area contributed by atoms with Crippen LogP contribution in [0.25, 0.3) is 0 Å². The number of hydrogen-bond donors (Lipinski definition) is 1. The number of unbranched alkanes of at least 4 members (excludes halogenated alkanes) is 22. The quantitative estimate of drug-likeness (QED) is 0.0402. The number of aliphatic hydroxyl groups excluding tert-OH is 1. The molecule has 0 aliphatic carbocycles. The summed E-state index contributed by atoms with van der Waals surface area (Å²) < 4.78 is 5.36. The molecule has 1 unspecified atom stereocenters. The van der Waals surface area contributed by atoms with Gasteiger partial charge in [-0.25, -0.2) is 0 Å². The van der Waals surface area contributed by atoms with Crippen molar-refractivity contribution in [1.82, 2.24) is 4.90 Å². The molecule has 0 aromatic rings. The Morgan fingerprint density at radius 3 is 1.41 bits per heavy atom. The Labute approximate surface area is 281 Å². The van der Waals surface area contributed by atoms with Gasteiger partial charge < -0.3 is 0 Å². The number of carbonyl (C=O) groups is 1. The Balaban J connectivity index is 4.34. The molecule has 4 nitrogen and oxygen atoms in total. The minimum atomic E-state index is -1.01. The fourth-order valence-electron chi connectivity index (χ4n) is 6.13. The van der Waals surface area contributed by atoms with Crippen molar-refractivity contribution in [1.29, 1.82) is 0 Å². The second-order valence-electron chi connectivity index (χ2n) is 13.5. The summed E-state index contributed by atoms with van der Waals surface area (Å²) in [5, 5.41) is 13.5. The third-order valence-electron chi connectivity index (χ3n) is 9.17. The number of esters is 1. The van der Waals surface area contributed by atoms with Gasteiger partial charge in [0.15, 0.2) is 0 Å². The van der Waals surface area contributed by atoms with Crippen LogP contribution in [0.4, 0.5) is 0 Å². The molecule has 0 saturated heterocycles. The van der Waals surface area contributed by atoms with Crippen LogP contribution in [0.2, 0.25) is 15.6 Å². The van der Waals surface area contributed by atoms with E-state index >= 15 is 0 Å². The van der Waals surface area contributed by atoms with Gasteiger partial charge in [-0.15, -0.1) is 0 Å². The number of ether oxygens (including phenoxy) is 1. The van der Waals surface area contributed by atoms with Crippen LogP contribution in [0.5, 0.6) is 0 Å². The van der Waals surface area contributed by atoms with Gasteiger partial charge in [0.2, 0.25) is 0 Å². The average molecular weight is 686 g/mol. The Hall–Kier alpha value is -0.0516. The molecular formula is C39H80AsNO3. The van der Waals surface area contributed by atoms with E-state index in [9.17, 15) is 9.90 Å². The number of hydrogen-bond acceptors (Lipinski definition) is 4. The van der Waals surface area contributed by atoms with Gasteiger partial charge in [-0.1, -0.05) is 39.5 Å². The van der Waals surface area contributed by atoms with E-state index < -0.39 is 14.7 Å². The van der Waals surface area contributed by atoms with Crippen LogP contribution in [-0.2, 0) is 9.53 Å². The van der Waals surface area contributed by atoms with Gasteiger partial charge in [0, 0.05) is 0 Å². The first-order chi connectivity index (χ1) is 21.7. The molecule has 0 aliphatic rings. The van der Waals surface area contributed by atoms with Crippen molar-refractivity contribution in [2.24, 2.45) is 0 Å². The van der Waals surface area contributed by atoms with E-state index in [1.54, 1.807) is 0 Å². The monoisotopic (exact) mass is 686 g/mol. The fourth-order valence-corrected chi connectivity index (χ4v) is 10.7. The maximum atomic E-state index is 11.9. The third-order valence-corrected chi connectivity index (χ3v) is 14.7. The molecular weight excluding hydrogens is 605 g/mol. The summed E-state index contributed by atoms with van der Waals surface area (Å²) in [6.07, 6.45) is 35.3. The number of nitrogens with zero attached hydrogens (tertiary/aromatic N) is 1. The van der Waals surface area contributed by atoms with Crippen molar-refractivity contribution in [2.45, 2.75) is 210 Å². The molecule has 1 atom stereocenters. The third kappa shape index (κ3) is 33.3. The zero-order valence-electron chi connectivity index (χ0n) is 30.4. The molecule has 0 amide bonds. The summed E-state index contributed by atoms with van der Waals surface area (Å²) >= 11 is -1.01. The molecule has 5 heteroatoms. The fraction of sp³-hybridized carbons (Fsp3) is 0.974. The molecule has 1 N–H and O–H groups in total. The van der Waals surface area contributed by atoms with Gasteiger partial charge >= 0.3 is 243 Å². The summed E-state index contributed by atoms with van der Waals surface area (Å²) in [6.45, 7) is 11.5. The topological polar surface area (TPSA) is 49.8 Å². The summed E-state index contributed by atoms with van der Waals surface area (Å²) in [5.74, 6) is -0.0135. The molecule has 0 aromatic carbocycles. The molecule has 0 radical (unpaired) electrons. The number of carbonyl (C=O) groups excluding carboxylic acids is 1. The Morgan fingerprint density at radius 1 is 0.500 bits per heavy atom. The minimum absolute atomic E-state index is 0.0135. The summed E-state index contributed by atoms with van der Waals surface area (Å²) in [6, 6.07) is 0. The average Bonchev–Trinajstić information content (AvgIpc) is 3.02. The van der Waals surface area contributed by atoms with Crippen LogP contribution in [-0.4, -0.2) is 63.5 Å². The Morgan fingerprint density at radius 2 is 0.932 bits per heavy atom. The SMILES string of the molecule is CCCCCCCCCCCCN(CCCCCCCCCCCC)CC[As](CCO)CCCCCC(=O)OCCCCC. The van der Waals surface area contributed by atoms with Crippen LogP contribution >= 0.6 is 0 Å². The maximum absolute atomic E-state index is 11.9. The standard InChI is InChI=1S/C39H80AsNO3/c1-4-7-10-12-14-16-18-20-22-27-34-41(35-28-23-21-19-17-15-13-11-8-5-2)36-32-40(33-37-42)31-26-24-25-30-39(43)44-38-29-9-6-3/h42H,4-38H2,1-3H3. The van der Waals surface area contributed by atoms with E-state index in [0.717, 1.165) is 37.3 Å². The van der Waals surface area contributed by atoms with Crippen molar-refractivity contribution in [3.63, 3.8) is 0 Å². The summed E-state index contributed by atoms with van der Waals surface area (Å²) in [5.41, 5.74) is 0. The normalized spacial score (nSPS) is 12.3. The van der Waals surface area contributed by atoms with E-state index in [1.165, 1.54) is 165 Å². The van der Waals surface area contributed by atoms with E-state index in [0.29, 0.717) is 19.6 Å². The summed E-state index contributed by atoms with van der Waals surface area (Å²) in [4.78, 5) is 14.7. The van der Waals surface area contributed by atoms with Gasteiger partial charge in [-0.05, 0) is 0 Å².